The number of rotatable bonds is 2. The molecule has 0 bridgehead atoms. The number of hydrogen-bond acceptors (Lipinski definition) is 2. The third-order valence-electron chi connectivity index (χ3n) is 2.52. The first-order chi connectivity index (χ1) is 7.61. The quantitative estimate of drug-likeness (QED) is 0.786. The molecule has 1 unspecified atom stereocenters. The van der Waals surface area contributed by atoms with Gasteiger partial charge in [0.15, 0.2) is 0 Å². The van der Waals surface area contributed by atoms with E-state index in [2.05, 4.69) is 15.9 Å². The summed E-state index contributed by atoms with van der Waals surface area (Å²) < 4.78 is 5.97. The number of carbonyl (C=O) groups excluding carboxylic acids is 1. The Morgan fingerprint density at radius 2 is 2.31 bits per heavy atom. The monoisotopic (exact) mass is 303 g/mol. The topological polar surface area (TPSA) is 29.5 Å². The van der Waals surface area contributed by atoms with Crippen LogP contribution in [0.5, 0.6) is 5.75 Å². The molecule has 2 rings (SSSR count). The lowest BCUT2D eigenvalue weighted by Gasteiger charge is -2.16. The third kappa shape index (κ3) is 2.18. The van der Waals surface area contributed by atoms with Gasteiger partial charge in [0.2, 0.25) is 5.91 Å². The molecule has 1 aromatic rings. The predicted molar refractivity (Wildman–Crippen MR) is 67.3 cm³/mol. The fraction of sp³-hybridized carbons (Fsp3) is 0.364. The SMILES string of the molecule is COc1ccc(N2CC(Cl)CC2=O)cc1Br. The molecule has 1 atom stereocenters. The zero-order chi connectivity index (χ0) is 11.7. The van der Waals surface area contributed by atoms with E-state index < -0.39 is 0 Å². The van der Waals surface area contributed by atoms with Gasteiger partial charge < -0.3 is 9.64 Å². The molecule has 0 saturated carbocycles. The lowest BCUT2D eigenvalue weighted by atomic mass is 10.3. The molecule has 16 heavy (non-hydrogen) atoms. The Morgan fingerprint density at radius 3 is 2.81 bits per heavy atom. The van der Waals surface area contributed by atoms with E-state index in [9.17, 15) is 4.79 Å². The van der Waals surface area contributed by atoms with Crippen molar-refractivity contribution in [2.45, 2.75) is 11.8 Å². The van der Waals surface area contributed by atoms with Crippen LogP contribution in [0.15, 0.2) is 22.7 Å². The van der Waals surface area contributed by atoms with E-state index >= 15 is 0 Å². The molecule has 1 aliphatic heterocycles. The maximum absolute atomic E-state index is 11.6. The van der Waals surface area contributed by atoms with E-state index in [1.54, 1.807) is 12.0 Å². The first-order valence-electron chi connectivity index (χ1n) is 4.90. The number of hydrogen-bond donors (Lipinski definition) is 0. The van der Waals surface area contributed by atoms with Gasteiger partial charge in [0.25, 0.3) is 0 Å². The average Bonchev–Trinajstić information content (AvgIpc) is 2.58. The largest absolute Gasteiger partial charge is 0.496 e. The van der Waals surface area contributed by atoms with E-state index in [0.717, 1.165) is 15.9 Å². The van der Waals surface area contributed by atoms with Crippen LogP contribution in [0.1, 0.15) is 6.42 Å². The zero-order valence-corrected chi connectivity index (χ0v) is 11.1. The molecule has 0 aliphatic carbocycles. The number of anilines is 1. The third-order valence-corrected chi connectivity index (χ3v) is 3.44. The standard InChI is InChI=1S/C11H11BrClNO2/c1-16-10-3-2-8(5-9(10)12)14-6-7(13)4-11(14)15/h2-3,5,7H,4,6H2,1H3. The van der Waals surface area contributed by atoms with Crippen molar-refractivity contribution in [1.29, 1.82) is 0 Å². The van der Waals surface area contributed by atoms with Gasteiger partial charge in [0.1, 0.15) is 5.75 Å². The molecule has 1 aromatic carbocycles. The molecule has 0 aromatic heterocycles. The van der Waals surface area contributed by atoms with E-state index in [0.29, 0.717) is 13.0 Å². The van der Waals surface area contributed by atoms with Crippen molar-refractivity contribution >= 4 is 39.1 Å². The number of halogens is 2. The Morgan fingerprint density at radius 1 is 1.56 bits per heavy atom. The second kappa shape index (κ2) is 4.63. The van der Waals surface area contributed by atoms with Crippen molar-refractivity contribution in [1.82, 2.24) is 0 Å². The van der Waals surface area contributed by atoms with Crippen LogP contribution in [-0.2, 0) is 4.79 Å². The highest BCUT2D eigenvalue weighted by atomic mass is 79.9. The number of nitrogens with zero attached hydrogens (tertiary/aromatic N) is 1. The summed E-state index contributed by atoms with van der Waals surface area (Å²) in [6.45, 7) is 0.569. The van der Waals surface area contributed by atoms with Gasteiger partial charge >= 0.3 is 0 Å². The fourth-order valence-electron chi connectivity index (χ4n) is 1.74. The molecule has 86 valence electrons. The lowest BCUT2D eigenvalue weighted by molar-refractivity contribution is -0.117. The summed E-state index contributed by atoms with van der Waals surface area (Å²) in [6, 6.07) is 5.55. The lowest BCUT2D eigenvalue weighted by Crippen LogP contribution is -2.24. The maximum atomic E-state index is 11.6. The number of amides is 1. The van der Waals surface area contributed by atoms with Gasteiger partial charge in [-0.15, -0.1) is 11.6 Å². The highest BCUT2D eigenvalue weighted by Gasteiger charge is 2.29. The molecule has 0 N–H and O–H groups in total. The molecular formula is C11H11BrClNO2. The molecule has 5 heteroatoms. The van der Waals surface area contributed by atoms with Crippen molar-refractivity contribution in [3.8, 4) is 5.75 Å². The average molecular weight is 305 g/mol. The van der Waals surface area contributed by atoms with Crippen molar-refractivity contribution in [2.75, 3.05) is 18.6 Å². The first kappa shape index (κ1) is 11.7. The fourth-order valence-corrected chi connectivity index (χ4v) is 2.54. The van der Waals surface area contributed by atoms with Crippen LogP contribution in [0.3, 0.4) is 0 Å². The predicted octanol–water partition coefficient (Wildman–Crippen LogP) is 2.80. The Bertz CT molecular complexity index is 424. The zero-order valence-electron chi connectivity index (χ0n) is 8.74. The Labute approximate surface area is 107 Å². The van der Waals surface area contributed by atoms with Gasteiger partial charge in [-0.05, 0) is 34.1 Å². The Balaban J connectivity index is 2.28. The van der Waals surface area contributed by atoms with Crippen LogP contribution in [0, 0.1) is 0 Å². The van der Waals surface area contributed by atoms with Crippen LogP contribution in [0.4, 0.5) is 5.69 Å². The van der Waals surface area contributed by atoms with Crippen LogP contribution >= 0.6 is 27.5 Å². The molecular weight excluding hydrogens is 293 g/mol. The van der Waals surface area contributed by atoms with E-state index in [1.165, 1.54) is 0 Å². The second-order valence-electron chi connectivity index (χ2n) is 3.62. The van der Waals surface area contributed by atoms with Crippen molar-refractivity contribution in [2.24, 2.45) is 0 Å². The first-order valence-corrected chi connectivity index (χ1v) is 6.12. The summed E-state index contributed by atoms with van der Waals surface area (Å²) in [6.07, 6.45) is 0.408. The number of methoxy groups -OCH3 is 1. The van der Waals surface area contributed by atoms with Gasteiger partial charge in [-0.25, -0.2) is 0 Å². The normalized spacial score (nSPS) is 20.3. The highest BCUT2D eigenvalue weighted by Crippen LogP contribution is 2.32. The molecule has 3 nitrogen and oxygen atoms in total. The van der Waals surface area contributed by atoms with Gasteiger partial charge in [-0.2, -0.15) is 0 Å². The smallest absolute Gasteiger partial charge is 0.228 e. The summed E-state index contributed by atoms with van der Waals surface area (Å²) in [5, 5.41) is -0.0895. The molecule has 1 fully saturated rings. The second-order valence-corrected chi connectivity index (χ2v) is 5.10. The summed E-state index contributed by atoms with van der Waals surface area (Å²) >= 11 is 9.34. The number of benzene rings is 1. The minimum Gasteiger partial charge on any atom is -0.496 e. The Kier molecular flexibility index (Phi) is 3.40. The minimum absolute atomic E-state index is 0.0667. The van der Waals surface area contributed by atoms with Crippen molar-refractivity contribution < 1.29 is 9.53 Å². The van der Waals surface area contributed by atoms with Crippen molar-refractivity contribution in [3.05, 3.63) is 22.7 Å². The molecule has 1 aliphatic rings. The van der Waals surface area contributed by atoms with Crippen LogP contribution < -0.4 is 9.64 Å². The van der Waals surface area contributed by atoms with Crippen molar-refractivity contribution in [3.63, 3.8) is 0 Å². The molecule has 1 heterocycles. The van der Waals surface area contributed by atoms with Gasteiger partial charge in [0, 0.05) is 18.7 Å². The van der Waals surface area contributed by atoms with Crippen LogP contribution in [0.2, 0.25) is 0 Å². The van der Waals surface area contributed by atoms with Gasteiger partial charge in [-0.3, -0.25) is 4.79 Å². The molecule has 0 radical (unpaired) electrons. The number of alkyl halides is 1. The summed E-state index contributed by atoms with van der Waals surface area (Å²) in [4.78, 5) is 13.3. The van der Waals surface area contributed by atoms with E-state index in [1.807, 2.05) is 18.2 Å². The van der Waals surface area contributed by atoms with E-state index in [-0.39, 0.29) is 11.3 Å². The summed E-state index contributed by atoms with van der Waals surface area (Å²) in [7, 11) is 1.61. The summed E-state index contributed by atoms with van der Waals surface area (Å²) in [5.74, 6) is 0.815. The molecule has 0 spiro atoms. The Hall–Kier alpha value is -0.740. The number of ether oxygens (including phenoxy) is 1. The van der Waals surface area contributed by atoms with E-state index in [4.69, 9.17) is 16.3 Å². The van der Waals surface area contributed by atoms with Gasteiger partial charge in [-0.1, -0.05) is 0 Å². The maximum Gasteiger partial charge on any atom is 0.228 e. The molecule has 1 amide bonds. The van der Waals surface area contributed by atoms with Gasteiger partial charge in [0.05, 0.1) is 17.0 Å². The summed E-state index contributed by atoms with van der Waals surface area (Å²) in [5.41, 5.74) is 0.848. The minimum atomic E-state index is -0.0895. The van der Waals surface area contributed by atoms with Crippen LogP contribution in [0.25, 0.3) is 0 Å². The van der Waals surface area contributed by atoms with Crippen LogP contribution in [-0.4, -0.2) is 24.9 Å². The highest BCUT2D eigenvalue weighted by molar-refractivity contribution is 9.10. The number of carbonyl (C=O) groups is 1. The molecule has 1 saturated heterocycles.